The van der Waals surface area contributed by atoms with Gasteiger partial charge >= 0.3 is 7.82 Å². The molecule has 376 valence electrons. The van der Waals surface area contributed by atoms with Gasteiger partial charge in [0.1, 0.15) is 36.6 Å². The maximum absolute atomic E-state index is 13.0. The molecule has 0 aromatic carbocycles. The smallest absolute Gasteiger partial charge is 0.472 e. The van der Waals surface area contributed by atoms with Crippen molar-refractivity contribution in [3.05, 3.63) is 0 Å². The second kappa shape index (κ2) is 40.4. The third kappa shape index (κ3) is 31.9. The van der Waals surface area contributed by atoms with Crippen LogP contribution in [-0.4, -0.2) is 96.8 Å². The van der Waals surface area contributed by atoms with Gasteiger partial charge in [-0.3, -0.25) is 14.0 Å². The van der Waals surface area contributed by atoms with Crippen LogP contribution in [0.25, 0.3) is 0 Å². The third-order valence-corrected chi connectivity index (χ3v) is 14.1. The zero-order valence-electron chi connectivity index (χ0n) is 40.4. The molecule has 0 aromatic rings. The van der Waals surface area contributed by atoms with Crippen molar-refractivity contribution in [1.82, 2.24) is 0 Å². The van der Waals surface area contributed by atoms with E-state index in [2.05, 4.69) is 18.8 Å². The van der Waals surface area contributed by atoms with Gasteiger partial charge in [-0.05, 0) is 25.2 Å². The fraction of sp³-hybridized carbons (Fsp3) is 0.980. The summed E-state index contributed by atoms with van der Waals surface area (Å²) in [6.07, 6.45) is 32.3. The Kier molecular flexibility index (Phi) is 38.7. The van der Waals surface area contributed by atoms with Gasteiger partial charge in [0.15, 0.2) is 0 Å². The first-order valence-corrected chi connectivity index (χ1v) is 27.9. The molecule has 13 heteroatoms. The summed E-state index contributed by atoms with van der Waals surface area (Å²) in [5, 5.41) is 74.4. The van der Waals surface area contributed by atoms with Crippen LogP contribution in [0, 0.1) is 0 Å². The summed E-state index contributed by atoms with van der Waals surface area (Å²) in [7, 11) is -5.07. The lowest BCUT2D eigenvalue weighted by molar-refractivity contribution is -0.220. The fourth-order valence-electron chi connectivity index (χ4n) is 8.79. The maximum atomic E-state index is 13.0. The number of phosphoric ester groups is 1. The molecular formula is C50H99NO11P-. The molecule has 0 bridgehead atoms. The number of unbranched alkanes of at least 4 members (excludes halogenated alkanes) is 34. The van der Waals surface area contributed by atoms with Crippen LogP contribution in [0.2, 0.25) is 0 Å². The van der Waals surface area contributed by atoms with Crippen molar-refractivity contribution < 1.29 is 54.3 Å². The van der Waals surface area contributed by atoms with Gasteiger partial charge in [0.25, 0.3) is 0 Å². The second-order valence-electron chi connectivity index (χ2n) is 19.0. The Morgan fingerprint density at radius 2 is 0.778 bits per heavy atom. The summed E-state index contributed by atoms with van der Waals surface area (Å²) in [5.41, 5.74) is 0. The van der Waals surface area contributed by atoms with Crippen molar-refractivity contribution >= 4 is 13.7 Å². The van der Waals surface area contributed by atoms with Crippen LogP contribution in [0.15, 0.2) is 4.99 Å². The van der Waals surface area contributed by atoms with Crippen molar-refractivity contribution in [2.45, 2.75) is 307 Å². The van der Waals surface area contributed by atoms with Gasteiger partial charge in [-0.25, -0.2) is 4.57 Å². The molecule has 0 radical (unpaired) electrons. The van der Waals surface area contributed by atoms with Gasteiger partial charge in [0.05, 0.1) is 18.8 Å². The summed E-state index contributed by atoms with van der Waals surface area (Å²) in [6.45, 7) is 3.87. The number of nitrogens with zero attached hydrogens (tertiary/aromatic N) is 1. The summed E-state index contributed by atoms with van der Waals surface area (Å²) < 4.78 is 23.0. The highest BCUT2D eigenvalue weighted by Gasteiger charge is 2.51. The second-order valence-corrected chi connectivity index (χ2v) is 20.4. The van der Waals surface area contributed by atoms with Gasteiger partial charge in [0.2, 0.25) is 0 Å². The van der Waals surface area contributed by atoms with Crippen LogP contribution in [0.5, 0.6) is 0 Å². The Morgan fingerprint density at radius 3 is 1.11 bits per heavy atom. The number of aliphatic imine (C=N–C) groups is 1. The van der Waals surface area contributed by atoms with E-state index in [1.165, 1.54) is 180 Å². The van der Waals surface area contributed by atoms with E-state index in [-0.39, 0.29) is 6.42 Å². The molecule has 0 spiro atoms. The third-order valence-electron chi connectivity index (χ3n) is 13.1. The molecule has 12 nitrogen and oxygen atoms in total. The normalized spacial score (nSPS) is 22.7. The summed E-state index contributed by atoms with van der Waals surface area (Å²) in [5.74, 6) is -0.427. The van der Waals surface area contributed by atoms with E-state index in [1.54, 1.807) is 0 Å². The Morgan fingerprint density at radius 1 is 0.492 bits per heavy atom. The predicted octanol–water partition coefficient (Wildman–Crippen LogP) is 10.7. The molecule has 0 heterocycles. The number of hydrogen-bond donors (Lipinski definition) is 7. The van der Waals surface area contributed by atoms with Crippen LogP contribution in [0.4, 0.5) is 0 Å². The quantitative estimate of drug-likeness (QED) is 0.0132. The van der Waals surface area contributed by atoms with Crippen molar-refractivity contribution in [2.75, 3.05) is 6.61 Å². The number of rotatable bonds is 45. The number of aliphatic hydroxyl groups excluding tert-OH is 6. The Hall–Kier alpha value is -0.660. The largest absolute Gasteiger partial charge is 0.862 e. The topological polar surface area (TPSA) is 213 Å². The molecule has 1 aliphatic rings. The molecule has 7 N–H and O–H groups in total. The minimum absolute atomic E-state index is 0.188. The lowest BCUT2D eigenvalue weighted by Gasteiger charge is -2.41. The van der Waals surface area contributed by atoms with E-state index < -0.39 is 69.1 Å². The highest BCUT2D eigenvalue weighted by atomic mass is 31.2. The molecule has 1 fully saturated rings. The standard InChI is InChI=1S/C50H100NO11P/c1-3-5-7-9-11-13-15-17-19-20-21-22-23-24-26-28-30-32-34-36-38-40-44(53)51-42(41-61-63(59,60)62-50-48(57)46(55)45(54)47(56)49(50)58)43(52)39-37-35-33-31-29-27-25-18-16-14-12-10-8-6-4-2/h42-43,45-50,52,54-58H,3-41H2,1-2H3,(H,51,53)(H,59,60)/p-1/t42-,43+,45?,46-,47+,48+,49+,50?/m0/s1. The highest BCUT2D eigenvalue weighted by molar-refractivity contribution is 7.47. The molecule has 63 heavy (non-hydrogen) atoms. The first-order valence-electron chi connectivity index (χ1n) is 26.4. The van der Waals surface area contributed by atoms with Gasteiger partial charge in [-0.1, -0.05) is 239 Å². The van der Waals surface area contributed by atoms with Gasteiger partial charge in [-0.15, -0.1) is 0 Å². The predicted molar refractivity (Wildman–Crippen MR) is 255 cm³/mol. The number of phosphoric acid groups is 1. The molecule has 1 saturated carbocycles. The van der Waals surface area contributed by atoms with E-state index in [1.807, 2.05) is 0 Å². The van der Waals surface area contributed by atoms with Crippen LogP contribution >= 0.6 is 7.82 Å². The molecule has 9 atom stereocenters. The Labute approximate surface area is 385 Å². The van der Waals surface area contributed by atoms with E-state index in [4.69, 9.17) is 9.05 Å². The zero-order chi connectivity index (χ0) is 46.4. The van der Waals surface area contributed by atoms with Crippen molar-refractivity contribution in [1.29, 1.82) is 0 Å². The molecule has 0 saturated heterocycles. The van der Waals surface area contributed by atoms with Crippen LogP contribution in [0.1, 0.15) is 258 Å². The molecule has 0 aromatic heterocycles. The number of aliphatic hydroxyl groups is 6. The van der Waals surface area contributed by atoms with E-state index in [9.17, 15) is 45.2 Å². The first-order chi connectivity index (χ1) is 30.4. The average molecular weight is 921 g/mol. The van der Waals surface area contributed by atoms with Crippen LogP contribution in [-0.2, 0) is 13.6 Å². The Bertz CT molecular complexity index is 1090. The molecule has 3 unspecified atom stereocenters. The highest BCUT2D eigenvalue weighted by Crippen LogP contribution is 2.47. The minimum atomic E-state index is -5.07. The van der Waals surface area contributed by atoms with Gasteiger partial charge < -0.3 is 40.6 Å². The van der Waals surface area contributed by atoms with Crippen molar-refractivity contribution in [3.63, 3.8) is 0 Å². The summed E-state index contributed by atoms with van der Waals surface area (Å²) in [4.78, 5) is 14.7. The maximum Gasteiger partial charge on any atom is 0.472 e. The molecule has 1 rings (SSSR count). The molecule has 1 aliphatic carbocycles. The van der Waals surface area contributed by atoms with Crippen molar-refractivity contribution in [3.8, 4) is 0 Å². The average Bonchev–Trinajstić information content (AvgIpc) is 3.27. The van der Waals surface area contributed by atoms with Gasteiger partial charge in [0, 0.05) is 0 Å². The zero-order valence-corrected chi connectivity index (χ0v) is 41.2. The lowest BCUT2D eigenvalue weighted by atomic mass is 9.85. The van der Waals surface area contributed by atoms with Gasteiger partial charge in [-0.2, -0.15) is 0 Å². The van der Waals surface area contributed by atoms with E-state index in [0.717, 1.165) is 38.5 Å². The lowest BCUT2D eigenvalue weighted by Crippen LogP contribution is -2.64. The van der Waals surface area contributed by atoms with Crippen molar-refractivity contribution in [2.24, 2.45) is 4.99 Å². The number of hydrogen-bond acceptors (Lipinski definition) is 11. The first kappa shape index (κ1) is 60.4. The van der Waals surface area contributed by atoms with Crippen LogP contribution < -0.4 is 5.11 Å². The summed E-state index contributed by atoms with van der Waals surface area (Å²) >= 11 is 0. The SMILES string of the molecule is CCCCCCCCCCCCCCCCCCCCCCCC([O-])=N[C@@H](COP(=O)(O)OC1[C@H](O)[C@H](O)C(O)[C@H](O)[C@H]1O)[C@H](O)CCCCCCCCCCCCCCCCC. The summed E-state index contributed by atoms with van der Waals surface area (Å²) in [6, 6.07) is -1.15. The molecule has 0 aliphatic heterocycles. The van der Waals surface area contributed by atoms with Crippen LogP contribution in [0.3, 0.4) is 0 Å². The van der Waals surface area contributed by atoms with E-state index in [0.29, 0.717) is 19.3 Å². The Balaban J connectivity index is 2.40. The molecular weight excluding hydrogens is 822 g/mol. The van der Waals surface area contributed by atoms with E-state index >= 15 is 0 Å². The fourth-order valence-corrected chi connectivity index (χ4v) is 9.74. The monoisotopic (exact) mass is 921 g/mol. The minimum Gasteiger partial charge on any atom is -0.862 e. The molecule has 0 amide bonds.